The van der Waals surface area contributed by atoms with Gasteiger partial charge < -0.3 is 15.1 Å². The standard InChI is InChI=1S/C19H26ClN5/c1-21-17-18(20)22-15-23-19(17)25-12-6-11-24(13-14-25)10-5-9-16-7-3-2-4-8-16/h2-4,7-8,15,21H,5-6,9-14H2,1H3. The zero-order chi connectivity index (χ0) is 17.5. The summed E-state index contributed by atoms with van der Waals surface area (Å²) in [4.78, 5) is 13.4. The van der Waals surface area contributed by atoms with Crippen molar-refractivity contribution in [2.45, 2.75) is 19.3 Å². The number of rotatable bonds is 6. The van der Waals surface area contributed by atoms with Gasteiger partial charge in [-0.05, 0) is 37.9 Å². The summed E-state index contributed by atoms with van der Waals surface area (Å²) in [5.74, 6) is 0.911. The molecule has 134 valence electrons. The number of aromatic nitrogens is 2. The number of hydrogen-bond donors (Lipinski definition) is 1. The third-order valence-corrected chi connectivity index (χ3v) is 4.99. The molecular weight excluding hydrogens is 334 g/mol. The summed E-state index contributed by atoms with van der Waals surface area (Å²) in [6.07, 6.45) is 5.02. The van der Waals surface area contributed by atoms with E-state index in [9.17, 15) is 0 Å². The molecule has 5 nitrogen and oxygen atoms in total. The molecule has 6 heteroatoms. The van der Waals surface area contributed by atoms with Crippen LogP contribution >= 0.6 is 11.6 Å². The van der Waals surface area contributed by atoms with Crippen molar-refractivity contribution in [3.05, 3.63) is 47.4 Å². The van der Waals surface area contributed by atoms with E-state index in [0.29, 0.717) is 5.15 Å². The summed E-state index contributed by atoms with van der Waals surface area (Å²) in [7, 11) is 1.86. The van der Waals surface area contributed by atoms with E-state index < -0.39 is 0 Å². The predicted octanol–water partition coefficient (Wildman–Crippen LogP) is 3.32. The summed E-state index contributed by atoms with van der Waals surface area (Å²) in [6, 6.07) is 10.7. The first-order valence-electron chi connectivity index (χ1n) is 8.97. The normalized spacial score (nSPS) is 15.8. The van der Waals surface area contributed by atoms with Gasteiger partial charge in [0.1, 0.15) is 12.0 Å². The maximum atomic E-state index is 6.19. The van der Waals surface area contributed by atoms with Crippen LogP contribution in [0.15, 0.2) is 36.7 Å². The molecule has 3 rings (SSSR count). The number of nitrogens with one attached hydrogen (secondary N) is 1. The lowest BCUT2D eigenvalue weighted by molar-refractivity contribution is 0.290. The van der Waals surface area contributed by atoms with Crippen LogP contribution in [0.25, 0.3) is 0 Å². The minimum absolute atomic E-state index is 0.483. The number of halogens is 1. The lowest BCUT2D eigenvalue weighted by Crippen LogP contribution is -2.32. The molecule has 1 fully saturated rings. The van der Waals surface area contributed by atoms with Crippen LogP contribution < -0.4 is 10.2 Å². The van der Waals surface area contributed by atoms with Gasteiger partial charge in [-0.25, -0.2) is 9.97 Å². The Morgan fingerprint density at radius 1 is 1.08 bits per heavy atom. The second-order valence-electron chi connectivity index (χ2n) is 6.38. The van der Waals surface area contributed by atoms with Crippen LogP contribution in [0, 0.1) is 0 Å². The Balaban J connectivity index is 1.53. The SMILES string of the molecule is CNc1c(Cl)ncnc1N1CCCN(CCCc2ccccc2)CC1. The fourth-order valence-corrected chi connectivity index (χ4v) is 3.59. The molecule has 1 aromatic heterocycles. The van der Waals surface area contributed by atoms with Gasteiger partial charge in [0.05, 0.1) is 0 Å². The van der Waals surface area contributed by atoms with Crippen molar-refractivity contribution >= 4 is 23.1 Å². The molecule has 0 saturated carbocycles. The first kappa shape index (κ1) is 18.0. The predicted molar refractivity (Wildman–Crippen MR) is 105 cm³/mol. The molecule has 1 aliphatic rings. The average Bonchev–Trinajstić information content (AvgIpc) is 2.88. The summed E-state index contributed by atoms with van der Waals surface area (Å²) >= 11 is 6.19. The highest BCUT2D eigenvalue weighted by Gasteiger charge is 2.19. The molecule has 1 saturated heterocycles. The van der Waals surface area contributed by atoms with Crippen LogP contribution in [0.3, 0.4) is 0 Å². The van der Waals surface area contributed by atoms with Gasteiger partial charge in [-0.2, -0.15) is 0 Å². The van der Waals surface area contributed by atoms with E-state index in [1.807, 2.05) is 7.05 Å². The van der Waals surface area contributed by atoms with E-state index >= 15 is 0 Å². The number of nitrogens with zero attached hydrogens (tertiary/aromatic N) is 4. The van der Waals surface area contributed by atoms with Gasteiger partial charge in [0, 0.05) is 26.7 Å². The summed E-state index contributed by atoms with van der Waals surface area (Å²) in [5.41, 5.74) is 2.25. The van der Waals surface area contributed by atoms with Crippen molar-refractivity contribution in [2.24, 2.45) is 0 Å². The number of aryl methyl sites for hydroxylation is 1. The molecule has 1 aromatic carbocycles. The highest BCUT2D eigenvalue weighted by Crippen LogP contribution is 2.29. The van der Waals surface area contributed by atoms with Crippen LogP contribution in [0.1, 0.15) is 18.4 Å². The molecule has 0 unspecified atom stereocenters. The van der Waals surface area contributed by atoms with E-state index in [1.54, 1.807) is 6.33 Å². The van der Waals surface area contributed by atoms with Gasteiger partial charge in [-0.3, -0.25) is 0 Å². The van der Waals surface area contributed by atoms with Crippen LogP contribution in [0.5, 0.6) is 0 Å². The van der Waals surface area contributed by atoms with Crippen molar-refractivity contribution in [1.82, 2.24) is 14.9 Å². The molecule has 0 spiro atoms. The topological polar surface area (TPSA) is 44.3 Å². The van der Waals surface area contributed by atoms with Crippen LogP contribution in [0.4, 0.5) is 11.5 Å². The quantitative estimate of drug-likeness (QED) is 0.801. The molecule has 0 bridgehead atoms. The molecular formula is C19H26ClN5. The molecule has 0 amide bonds. The van der Waals surface area contributed by atoms with Crippen molar-refractivity contribution in [3.8, 4) is 0 Å². The van der Waals surface area contributed by atoms with Crippen molar-refractivity contribution in [3.63, 3.8) is 0 Å². The fraction of sp³-hybridized carbons (Fsp3) is 0.474. The molecule has 1 N–H and O–H groups in total. The Morgan fingerprint density at radius 2 is 1.92 bits per heavy atom. The third kappa shape index (κ3) is 4.83. The van der Waals surface area contributed by atoms with E-state index in [4.69, 9.17) is 11.6 Å². The lowest BCUT2D eigenvalue weighted by atomic mass is 10.1. The summed E-state index contributed by atoms with van der Waals surface area (Å²) in [5, 5.41) is 3.62. The zero-order valence-electron chi connectivity index (χ0n) is 14.8. The van der Waals surface area contributed by atoms with E-state index in [0.717, 1.165) is 57.1 Å². The second-order valence-corrected chi connectivity index (χ2v) is 6.74. The Hall–Kier alpha value is -1.85. The van der Waals surface area contributed by atoms with E-state index in [1.165, 1.54) is 12.0 Å². The van der Waals surface area contributed by atoms with Crippen molar-refractivity contribution in [2.75, 3.05) is 50.0 Å². The zero-order valence-corrected chi connectivity index (χ0v) is 15.5. The van der Waals surface area contributed by atoms with Crippen LogP contribution in [0.2, 0.25) is 5.15 Å². The van der Waals surface area contributed by atoms with E-state index in [-0.39, 0.29) is 0 Å². The maximum absolute atomic E-state index is 6.19. The van der Waals surface area contributed by atoms with Gasteiger partial charge in [0.2, 0.25) is 0 Å². The molecule has 25 heavy (non-hydrogen) atoms. The maximum Gasteiger partial charge on any atom is 0.157 e. The Kier molecular flexibility index (Phi) is 6.48. The highest BCUT2D eigenvalue weighted by atomic mass is 35.5. The minimum Gasteiger partial charge on any atom is -0.383 e. The Labute approximate surface area is 155 Å². The van der Waals surface area contributed by atoms with Crippen molar-refractivity contribution in [1.29, 1.82) is 0 Å². The van der Waals surface area contributed by atoms with Gasteiger partial charge >= 0.3 is 0 Å². The summed E-state index contributed by atoms with van der Waals surface area (Å²) in [6.45, 7) is 5.30. The Morgan fingerprint density at radius 3 is 2.72 bits per heavy atom. The minimum atomic E-state index is 0.483. The number of hydrogen-bond acceptors (Lipinski definition) is 5. The second kappa shape index (κ2) is 9.02. The highest BCUT2D eigenvalue weighted by molar-refractivity contribution is 6.32. The van der Waals surface area contributed by atoms with Gasteiger partial charge in [-0.15, -0.1) is 0 Å². The summed E-state index contributed by atoms with van der Waals surface area (Å²) < 4.78 is 0. The van der Waals surface area contributed by atoms with Crippen LogP contribution in [-0.2, 0) is 6.42 Å². The molecule has 2 heterocycles. The first-order valence-corrected chi connectivity index (χ1v) is 9.35. The van der Waals surface area contributed by atoms with Gasteiger partial charge in [0.25, 0.3) is 0 Å². The Bertz CT molecular complexity index is 664. The fourth-order valence-electron chi connectivity index (χ4n) is 3.37. The monoisotopic (exact) mass is 359 g/mol. The number of benzene rings is 1. The largest absolute Gasteiger partial charge is 0.383 e. The average molecular weight is 360 g/mol. The van der Waals surface area contributed by atoms with Gasteiger partial charge in [0.15, 0.2) is 11.0 Å². The molecule has 0 aliphatic carbocycles. The third-order valence-electron chi connectivity index (χ3n) is 4.70. The smallest absolute Gasteiger partial charge is 0.157 e. The molecule has 1 aliphatic heterocycles. The lowest BCUT2D eigenvalue weighted by Gasteiger charge is -2.24. The van der Waals surface area contributed by atoms with Crippen LogP contribution in [-0.4, -0.2) is 54.6 Å². The van der Waals surface area contributed by atoms with E-state index in [2.05, 4.69) is 55.4 Å². The molecule has 2 aromatic rings. The number of anilines is 2. The first-order chi connectivity index (χ1) is 12.3. The molecule has 0 atom stereocenters. The molecule has 0 radical (unpaired) electrons. The van der Waals surface area contributed by atoms with Gasteiger partial charge in [-0.1, -0.05) is 41.9 Å². The van der Waals surface area contributed by atoms with Crippen molar-refractivity contribution < 1.29 is 0 Å².